The summed E-state index contributed by atoms with van der Waals surface area (Å²) in [7, 11) is 0. The first-order valence-corrected chi connectivity index (χ1v) is 24.1. The first kappa shape index (κ1) is 54.5. The van der Waals surface area contributed by atoms with E-state index in [0.29, 0.717) is 12.8 Å². The number of ether oxygens (including phenoxy) is 1. The number of rotatable bonds is 37. The third-order valence-electron chi connectivity index (χ3n) is 12.3. The van der Waals surface area contributed by atoms with E-state index in [0.717, 1.165) is 44.9 Å². The minimum Gasteiger partial charge on any atom is -0.394 e. The molecule has 11 nitrogen and oxygen atoms in total. The lowest BCUT2D eigenvalue weighted by atomic mass is 9.70. The fourth-order valence-corrected chi connectivity index (χ4v) is 8.81. The zero-order valence-corrected chi connectivity index (χ0v) is 38.0. The molecule has 0 aromatic heterocycles. The zero-order chi connectivity index (χ0) is 43.4. The van der Waals surface area contributed by atoms with Crippen LogP contribution in [0, 0.1) is 11.8 Å². The maximum absolute atomic E-state index is 14.6. The average Bonchev–Trinajstić information content (AvgIpc) is 3.18. The van der Waals surface area contributed by atoms with Crippen LogP contribution in [-0.2, 0) is 19.1 Å². The van der Waals surface area contributed by atoms with Crippen LogP contribution in [0.4, 0.5) is 0 Å². The van der Waals surface area contributed by atoms with Gasteiger partial charge in [0.2, 0.25) is 11.8 Å². The van der Waals surface area contributed by atoms with E-state index in [2.05, 4.69) is 13.8 Å². The lowest BCUT2D eigenvalue weighted by Gasteiger charge is -2.54. The molecule has 0 aromatic rings. The number of amides is 1. The number of nitrogens with zero attached hydrogens (tertiary/aromatic N) is 1. The first-order valence-electron chi connectivity index (χ1n) is 24.1. The van der Waals surface area contributed by atoms with Crippen molar-refractivity contribution in [2.75, 3.05) is 13.2 Å². The number of nitrogens with two attached hydrogens (primary N) is 3. The molecule has 1 rings (SSSR count). The van der Waals surface area contributed by atoms with Crippen LogP contribution in [0.5, 0.6) is 0 Å². The van der Waals surface area contributed by atoms with Crippen LogP contribution in [-0.4, -0.2) is 86.6 Å². The van der Waals surface area contributed by atoms with Crippen LogP contribution in [0.25, 0.3) is 0 Å². The van der Waals surface area contributed by atoms with Crippen LogP contribution >= 0.6 is 0 Å². The Morgan fingerprint density at radius 3 is 1.40 bits per heavy atom. The quantitative estimate of drug-likeness (QED) is 0.0201. The van der Waals surface area contributed by atoms with Gasteiger partial charge in [-0.3, -0.25) is 20.1 Å². The summed E-state index contributed by atoms with van der Waals surface area (Å²) in [6, 6.07) is -1.10. The van der Waals surface area contributed by atoms with Gasteiger partial charge in [0.25, 0.3) is 0 Å². The summed E-state index contributed by atoms with van der Waals surface area (Å²) < 4.78 is 6.15. The van der Waals surface area contributed by atoms with Crippen molar-refractivity contribution in [2.45, 2.75) is 257 Å². The molecular formula is C47H92N4O7. The van der Waals surface area contributed by atoms with Crippen molar-refractivity contribution < 1.29 is 34.4 Å². The number of Topliss-reactive ketones (excluding diaryl/α,β-unsaturated/α-hetero) is 2. The van der Waals surface area contributed by atoms with Crippen molar-refractivity contribution in [3.05, 3.63) is 0 Å². The Balaban J connectivity index is 3.05. The van der Waals surface area contributed by atoms with Crippen molar-refractivity contribution in [1.82, 2.24) is 4.90 Å². The highest BCUT2D eigenvalue weighted by atomic mass is 16.6. The summed E-state index contributed by atoms with van der Waals surface area (Å²) in [5.41, 5.74) is 17.6. The summed E-state index contributed by atoms with van der Waals surface area (Å²) in [6.45, 7) is 8.97. The standard InChI is InChI=1S/C47H92N4O7/c1-6-8-10-12-14-16-18-20-21-22-23-25-27-29-31-33-40(53)51(34-32-30-28-26-24-19-17-15-13-11-9-7-2)47(50)41(43(55)42(54)39(36-52)58-47)45(57)46(49,35-37(3)4)44(56)38(5)48/h37-39,41-43,52,54-55H,6-36,48-50H2,1-5H3/t38-,39+,41-,42+,43+,46+,47-/m0/s1. The van der Waals surface area contributed by atoms with Crippen molar-refractivity contribution in [3.8, 4) is 0 Å². The highest BCUT2D eigenvalue weighted by molar-refractivity contribution is 6.14. The molecule has 1 saturated heterocycles. The Labute approximate surface area is 354 Å². The first-order chi connectivity index (χ1) is 27.7. The smallest absolute Gasteiger partial charge is 0.225 e. The van der Waals surface area contributed by atoms with Crippen LogP contribution in [0.3, 0.4) is 0 Å². The summed E-state index contributed by atoms with van der Waals surface area (Å²) in [4.78, 5) is 43.8. The molecule has 0 aromatic carbocycles. The van der Waals surface area contributed by atoms with Crippen LogP contribution in [0.1, 0.15) is 221 Å². The van der Waals surface area contributed by atoms with E-state index in [1.807, 2.05) is 13.8 Å². The Bertz CT molecular complexity index is 1090. The normalized spacial score (nSPS) is 22.6. The summed E-state index contributed by atoms with van der Waals surface area (Å²) in [6.07, 6.45) is 26.6. The summed E-state index contributed by atoms with van der Waals surface area (Å²) in [5, 5.41) is 32.9. The predicted octanol–water partition coefficient (Wildman–Crippen LogP) is 8.35. The van der Waals surface area contributed by atoms with E-state index in [9.17, 15) is 29.7 Å². The number of carbonyl (C=O) groups excluding carboxylic acids is 3. The molecule has 0 spiro atoms. The molecule has 11 heteroatoms. The zero-order valence-electron chi connectivity index (χ0n) is 38.0. The minimum atomic E-state index is -2.28. The molecular weight excluding hydrogens is 733 g/mol. The van der Waals surface area contributed by atoms with Gasteiger partial charge in [-0.1, -0.05) is 188 Å². The number of hydrogen-bond donors (Lipinski definition) is 6. The van der Waals surface area contributed by atoms with Gasteiger partial charge in [0.1, 0.15) is 23.7 Å². The molecule has 9 N–H and O–H groups in total. The van der Waals surface area contributed by atoms with Crippen LogP contribution in [0.2, 0.25) is 0 Å². The van der Waals surface area contributed by atoms with E-state index in [1.54, 1.807) is 0 Å². The van der Waals surface area contributed by atoms with Gasteiger partial charge in [0.15, 0.2) is 11.6 Å². The second kappa shape index (κ2) is 31.4. The number of ketones is 2. The van der Waals surface area contributed by atoms with Crippen LogP contribution < -0.4 is 17.2 Å². The van der Waals surface area contributed by atoms with Gasteiger partial charge in [0.05, 0.1) is 18.8 Å². The van der Waals surface area contributed by atoms with Gasteiger partial charge < -0.3 is 36.4 Å². The van der Waals surface area contributed by atoms with E-state index in [-0.39, 0.29) is 31.2 Å². The van der Waals surface area contributed by atoms with Gasteiger partial charge >= 0.3 is 0 Å². The monoisotopic (exact) mass is 825 g/mol. The number of carbonyl (C=O) groups is 3. The van der Waals surface area contributed by atoms with E-state index >= 15 is 0 Å². The maximum atomic E-state index is 14.6. The molecule has 0 unspecified atom stereocenters. The van der Waals surface area contributed by atoms with Crippen molar-refractivity contribution >= 4 is 17.5 Å². The van der Waals surface area contributed by atoms with Gasteiger partial charge in [-0.2, -0.15) is 0 Å². The van der Waals surface area contributed by atoms with E-state index in [4.69, 9.17) is 21.9 Å². The van der Waals surface area contributed by atoms with Gasteiger partial charge in [-0.25, -0.2) is 0 Å². The Kier molecular flexibility index (Phi) is 29.5. The van der Waals surface area contributed by atoms with Crippen molar-refractivity contribution in [2.24, 2.45) is 29.0 Å². The van der Waals surface area contributed by atoms with E-state index in [1.165, 1.54) is 127 Å². The molecule has 0 bridgehead atoms. The topological polar surface area (TPSA) is 202 Å². The molecule has 0 radical (unpaired) electrons. The third-order valence-corrected chi connectivity index (χ3v) is 12.3. The second-order valence-electron chi connectivity index (χ2n) is 18.3. The molecule has 7 atom stereocenters. The number of unbranched alkanes of at least 4 members (excludes halogenated alkanes) is 25. The van der Waals surface area contributed by atoms with Gasteiger partial charge in [0, 0.05) is 13.0 Å². The van der Waals surface area contributed by atoms with Crippen LogP contribution in [0.15, 0.2) is 0 Å². The van der Waals surface area contributed by atoms with Gasteiger partial charge in [-0.05, 0) is 32.1 Å². The highest BCUT2D eigenvalue weighted by Crippen LogP contribution is 2.39. The number of hydrogen-bond acceptors (Lipinski definition) is 10. The molecule has 0 saturated carbocycles. The second-order valence-corrected chi connectivity index (χ2v) is 18.3. The molecule has 58 heavy (non-hydrogen) atoms. The fraction of sp³-hybridized carbons (Fsp3) is 0.936. The average molecular weight is 825 g/mol. The molecule has 1 aliphatic heterocycles. The molecule has 0 aliphatic carbocycles. The third kappa shape index (κ3) is 19.5. The lowest BCUT2D eigenvalue weighted by molar-refractivity contribution is -0.292. The Morgan fingerprint density at radius 2 is 1.03 bits per heavy atom. The predicted molar refractivity (Wildman–Crippen MR) is 237 cm³/mol. The minimum absolute atomic E-state index is 0.0865. The maximum Gasteiger partial charge on any atom is 0.225 e. The molecule has 1 aliphatic rings. The molecule has 1 amide bonds. The number of aliphatic hydroxyl groups excluding tert-OH is 3. The lowest BCUT2D eigenvalue weighted by Crippen LogP contribution is -2.78. The largest absolute Gasteiger partial charge is 0.394 e. The molecule has 342 valence electrons. The molecule has 1 fully saturated rings. The summed E-state index contributed by atoms with van der Waals surface area (Å²) >= 11 is 0. The van der Waals surface area contributed by atoms with E-state index < -0.39 is 59.8 Å². The number of aliphatic hydroxyl groups is 3. The van der Waals surface area contributed by atoms with Crippen molar-refractivity contribution in [1.29, 1.82) is 0 Å². The highest BCUT2D eigenvalue weighted by Gasteiger charge is 2.62. The molecule has 1 heterocycles. The van der Waals surface area contributed by atoms with Gasteiger partial charge in [-0.15, -0.1) is 0 Å². The van der Waals surface area contributed by atoms with Crippen molar-refractivity contribution in [3.63, 3.8) is 0 Å². The fourth-order valence-electron chi connectivity index (χ4n) is 8.81. The summed E-state index contributed by atoms with van der Waals surface area (Å²) in [5.74, 6) is -6.29. The Morgan fingerprint density at radius 1 is 0.655 bits per heavy atom. The SMILES string of the molecule is CCCCCCCCCCCCCCCCCC(=O)N(CCCCCCCCCCCCCC)[C@]1(N)O[C@H](CO)[C@@H](O)[C@H](O)[C@H]1C(=O)[C@@](N)(CC(C)C)C(=O)[C@H](C)N. The Hall–Kier alpha value is -1.47.